The van der Waals surface area contributed by atoms with Gasteiger partial charge in [0.25, 0.3) is 0 Å². The van der Waals surface area contributed by atoms with Gasteiger partial charge in [-0.2, -0.15) is 0 Å². The third-order valence-electron chi connectivity index (χ3n) is 3.93. The number of hydrogen-bond donors (Lipinski definition) is 1. The minimum Gasteiger partial charge on any atom is -0.493 e. The van der Waals surface area contributed by atoms with E-state index in [1.807, 2.05) is 25.1 Å². The standard InChI is InChI=1S/C15H21BrO2/c1-3-18-14-8-7-11(9-13(14)16)15(17)12-6-4-5-10(12)2/h7-10,12,15,17H,3-6H2,1-2H3. The summed E-state index contributed by atoms with van der Waals surface area (Å²) in [6.45, 7) is 4.86. The monoisotopic (exact) mass is 312 g/mol. The zero-order valence-electron chi connectivity index (χ0n) is 11.0. The van der Waals surface area contributed by atoms with Gasteiger partial charge in [-0.1, -0.05) is 25.8 Å². The molecule has 3 heteroatoms. The highest BCUT2D eigenvalue weighted by Crippen LogP contribution is 2.41. The number of benzene rings is 1. The molecular weight excluding hydrogens is 292 g/mol. The lowest BCUT2D eigenvalue weighted by atomic mass is 9.88. The molecule has 1 N–H and O–H groups in total. The summed E-state index contributed by atoms with van der Waals surface area (Å²) in [5, 5.41) is 10.5. The van der Waals surface area contributed by atoms with Crippen LogP contribution in [-0.4, -0.2) is 11.7 Å². The van der Waals surface area contributed by atoms with Crippen LogP contribution in [0.1, 0.15) is 44.8 Å². The van der Waals surface area contributed by atoms with Gasteiger partial charge in [0.2, 0.25) is 0 Å². The molecule has 3 atom stereocenters. The smallest absolute Gasteiger partial charge is 0.133 e. The van der Waals surface area contributed by atoms with Gasteiger partial charge in [0.15, 0.2) is 0 Å². The number of aliphatic hydroxyl groups is 1. The molecule has 18 heavy (non-hydrogen) atoms. The highest BCUT2D eigenvalue weighted by Gasteiger charge is 2.30. The van der Waals surface area contributed by atoms with Gasteiger partial charge >= 0.3 is 0 Å². The highest BCUT2D eigenvalue weighted by atomic mass is 79.9. The van der Waals surface area contributed by atoms with E-state index in [2.05, 4.69) is 22.9 Å². The maximum Gasteiger partial charge on any atom is 0.133 e. The zero-order chi connectivity index (χ0) is 13.1. The van der Waals surface area contributed by atoms with Crippen LogP contribution in [0.3, 0.4) is 0 Å². The fourth-order valence-corrected chi connectivity index (χ4v) is 3.37. The maximum absolute atomic E-state index is 10.5. The zero-order valence-corrected chi connectivity index (χ0v) is 12.6. The lowest BCUT2D eigenvalue weighted by molar-refractivity contribution is 0.0899. The molecule has 1 aromatic carbocycles. The van der Waals surface area contributed by atoms with Crippen LogP contribution in [0.2, 0.25) is 0 Å². The second-order valence-electron chi connectivity index (χ2n) is 5.14. The first-order chi connectivity index (χ1) is 8.63. The second-order valence-corrected chi connectivity index (χ2v) is 5.99. The number of ether oxygens (including phenoxy) is 1. The van der Waals surface area contributed by atoms with E-state index < -0.39 is 0 Å². The Morgan fingerprint density at radius 1 is 1.44 bits per heavy atom. The van der Waals surface area contributed by atoms with E-state index in [0.717, 1.165) is 22.2 Å². The van der Waals surface area contributed by atoms with Crippen LogP contribution in [0.4, 0.5) is 0 Å². The lowest BCUT2D eigenvalue weighted by Crippen LogP contribution is -2.15. The molecule has 0 bridgehead atoms. The summed E-state index contributed by atoms with van der Waals surface area (Å²) in [6, 6.07) is 5.90. The summed E-state index contributed by atoms with van der Waals surface area (Å²) < 4.78 is 6.41. The molecule has 100 valence electrons. The van der Waals surface area contributed by atoms with E-state index in [4.69, 9.17) is 4.74 Å². The molecule has 0 radical (unpaired) electrons. The quantitative estimate of drug-likeness (QED) is 0.897. The van der Waals surface area contributed by atoms with Crippen molar-refractivity contribution < 1.29 is 9.84 Å². The van der Waals surface area contributed by atoms with E-state index in [1.165, 1.54) is 12.8 Å². The molecule has 2 rings (SSSR count). The minimum absolute atomic E-state index is 0.352. The molecule has 2 nitrogen and oxygen atoms in total. The van der Waals surface area contributed by atoms with Gasteiger partial charge in [0.1, 0.15) is 5.75 Å². The molecule has 0 spiro atoms. The molecule has 3 unspecified atom stereocenters. The Kier molecular flexibility index (Phi) is 4.68. The predicted octanol–water partition coefficient (Wildman–Crippen LogP) is 4.32. The first-order valence-electron chi connectivity index (χ1n) is 6.73. The van der Waals surface area contributed by atoms with Crippen molar-refractivity contribution in [1.29, 1.82) is 0 Å². The maximum atomic E-state index is 10.5. The molecule has 0 heterocycles. The van der Waals surface area contributed by atoms with Crippen molar-refractivity contribution in [3.63, 3.8) is 0 Å². The SMILES string of the molecule is CCOc1ccc(C(O)C2CCCC2C)cc1Br. The highest BCUT2D eigenvalue weighted by molar-refractivity contribution is 9.10. The van der Waals surface area contributed by atoms with Crippen molar-refractivity contribution in [1.82, 2.24) is 0 Å². The van der Waals surface area contributed by atoms with Crippen molar-refractivity contribution in [3.8, 4) is 5.75 Å². The van der Waals surface area contributed by atoms with Crippen LogP contribution < -0.4 is 4.74 Å². The molecule has 1 aromatic rings. The Bertz CT molecular complexity index is 405. The van der Waals surface area contributed by atoms with E-state index in [9.17, 15) is 5.11 Å². The van der Waals surface area contributed by atoms with E-state index in [-0.39, 0.29) is 6.10 Å². The second kappa shape index (κ2) is 6.07. The fourth-order valence-electron chi connectivity index (χ4n) is 2.86. The van der Waals surface area contributed by atoms with Gasteiger partial charge < -0.3 is 9.84 Å². The first-order valence-corrected chi connectivity index (χ1v) is 7.53. The summed E-state index contributed by atoms with van der Waals surface area (Å²) in [4.78, 5) is 0. The normalized spacial score (nSPS) is 25.1. The number of aliphatic hydroxyl groups excluding tert-OH is 1. The van der Waals surface area contributed by atoms with Crippen molar-refractivity contribution in [3.05, 3.63) is 28.2 Å². The lowest BCUT2D eigenvalue weighted by Gasteiger charge is -2.23. The van der Waals surface area contributed by atoms with E-state index in [1.54, 1.807) is 0 Å². The molecule has 1 aliphatic carbocycles. The fraction of sp³-hybridized carbons (Fsp3) is 0.600. The van der Waals surface area contributed by atoms with Gasteiger partial charge in [-0.25, -0.2) is 0 Å². The Morgan fingerprint density at radius 3 is 2.78 bits per heavy atom. The Labute approximate surface area is 117 Å². The van der Waals surface area contributed by atoms with Crippen molar-refractivity contribution in [2.24, 2.45) is 11.8 Å². The Balaban J connectivity index is 2.15. The third kappa shape index (κ3) is 2.89. The topological polar surface area (TPSA) is 29.5 Å². The summed E-state index contributed by atoms with van der Waals surface area (Å²) in [6.07, 6.45) is 3.25. The van der Waals surface area contributed by atoms with Crippen molar-refractivity contribution in [2.75, 3.05) is 6.61 Å². The molecule has 0 saturated heterocycles. The van der Waals surface area contributed by atoms with Gasteiger partial charge in [0, 0.05) is 0 Å². The average Bonchev–Trinajstić information content (AvgIpc) is 2.77. The van der Waals surface area contributed by atoms with Crippen LogP contribution >= 0.6 is 15.9 Å². The van der Waals surface area contributed by atoms with Crippen LogP contribution in [0.25, 0.3) is 0 Å². The number of hydrogen-bond acceptors (Lipinski definition) is 2. The third-order valence-corrected chi connectivity index (χ3v) is 4.55. The molecule has 1 saturated carbocycles. The molecule has 0 aliphatic heterocycles. The van der Waals surface area contributed by atoms with Crippen molar-refractivity contribution >= 4 is 15.9 Å². The summed E-state index contributed by atoms with van der Waals surface area (Å²) in [5.74, 6) is 1.85. The summed E-state index contributed by atoms with van der Waals surface area (Å²) >= 11 is 3.50. The number of rotatable bonds is 4. The molecular formula is C15H21BrO2. The molecule has 0 aromatic heterocycles. The molecule has 1 aliphatic rings. The van der Waals surface area contributed by atoms with Crippen LogP contribution in [0.15, 0.2) is 22.7 Å². The molecule has 0 amide bonds. The Morgan fingerprint density at radius 2 is 2.22 bits per heavy atom. The number of halogens is 1. The Hall–Kier alpha value is -0.540. The van der Waals surface area contributed by atoms with Gasteiger partial charge in [-0.3, -0.25) is 0 Å². The van der Waals surface area contributed by atoms with E-state index in [0.29, 0.717) is 18.4 Å². The van der Waals surface area contributed by atoms with Crippen LogP contribution in [0, 0.1) is 11.8 Å². The van der Waals surface area contributed by atoms with Crippen LogP contribution in [-0.2, 0) is 0 Å². The van der Waals surface area contributed by atoms with Crippen molar-refractivity contribution in [2.45, 2.75) is 39.2 Å². The molecule has 1 fully saturated rings. The summed E-state index contributed by atoms with van der Waals surface area (Å²) in [7, 11) is 0. The first kappa shape index (κ1) is 13.9. The average molecular weight is 313 g/mol. The largest absolute Gasteiger partial charge is 0.493 e. The van der Waals surface area contributed by atoms with Gasteiger partial charge in [-0.15, -0.1) is 0 Å². The van der Waals surface area contributed by atoms with E-state index >= 15 is 0 Å². The predicted molar refractivity (Wildman–Crippen MR) is 76.8 cm³/mol. The van der Waals surface area contributed by atoms with Gasteiger partial charge in [0.05, 0.1) is 17.2 Å². The van der Waals surface area contributed by atoms with Gasteiger partial charge in [-0.05, 0) is 58.8 Å². The summed E-state index contributed by atoms with van der Waals surface area (Å²) in [5.41, 5.74) is 0.990. The van der Waals surface area contributed by atoms with Crippen LogP contribution in [0.5, 0.6) is 5.75 Å². The minimum atomic E-state index is -0.352.